The van der Waals surface area contributed by atoms with Crippen molar-refractivity contribution in [3.05, 3.63) is 36.4 Å². The van der Waals surface area contributed by atoms with Gasteiger partial charge < -0.3 is 19.5 Å². The van der Waals surface area contributed by atoms with E-state index in [1.165, 1.54) is 24.6 Å². The number of methoxy groups -OCH3 is 3. The molecule has 0 atom stereocenters. The molecule has 2 aromatic rings. The third-order valence-electron chi connectivity index (χ3n) is 4.04. The van der Waals surface area contributed by atoms with Crippen LogP contribution in [0.15, 0.2) is 41.3 Å². The first-order valence-electron chi connectivity index (χ1n) is 7.68. The molecule has 0 aliphatic carbocycles. The van der Waals surface area contributed by atoms with Crippen molar-refractivity contribution < 1.29 is 22.6 Å². The van der Waals surface area contributed by atoms with E-state index in [2.05, 4.69) is 5.32 Å². The van der Waals surface area contributed by atoms with Gasteiger partial charge >= 0.3 is 0 Å². The third-order valence-corrected chi connectivity index (χ3v) is 5.89. The number of rotatable bonds is 5. The number of nitrogens with zero attached hydrogens (tertiary/aromatic N) is 1. The summed E-state index contributed by atoms with van der Waals surface area (Å²) >= 11 is 0. The quantitative estimate of drug-likeness (QED) is 0.877. The molecule has 3 rings (SSSR count). The zero-order valence-electron chi connectivity index (χ0n) is 14.3. The molecule has 0 fully saturated rings. The van der Waals surface area contributed by atoms with Gasteiger partial charge in [0.1, 0.15) is 22.1 Å². The summed E-state index contributed by atoms with van der Waals surface area (Å²) in [6.45, 7) is 0.814. The Morgan fingerprint density at radius 1 is 0.960 bits per heavy atom. The Morgan fingerprint density at radius 2 is 1.64 bits per heavy atom. The largest absolute Gasteiger partial charge is 0.497 e. The molecule has 0 radical (unpaired) electrons. The maximum Gasteiger partial charge on any atom is 0.268 e. The van der Waals surface area contributed by atoms with Crippen LogP contribution in [-0.2, 0) is 10.0 Å². The molecule has 1 aliphatic heterocycles. The highest BCUT2D eigenvalue weighted by molar-refractivity contribution is 7.93. The monoisotopic (exact) mass is 364 g/mol. The number of sulfonamides is 1. The van der Waals surface area contributed by atoms with E-state index in [9.17, 15) is 8.42 Å². The molecule has 1 heterocycles. The zero-order valence-corrected chi connectivity index (χ0v) is 15.1. The number of fused-ring (bicyclic) bond motifs is 1. The fourth-order valence-electron chi connectivity index (χ4n) is 2.77. The first-order chi connectivity index (χ1) is 12.0. The van der Waals surface area contributed by atoms with E-state index in [1.54, 1.807) is 37.4 Å². The Balaban J connectivity index is 2.08. The molecule has 8 heteroatoms. The molecule has 0 aromatic heterocycles. The Bertz CT molecular complexity index is 883. The van der Waals surface area contributed by atoms with E-state index in [0.29, 0.717) is 36.0 Å². The lowest BCUT2D eigenvalue weighted by atomic mass is 10.2. The van der Waals surface area contributed by atoms with Gasteiger partial charge in [0.05, 0.1) is 39.2 Å². The lowest BCUT2D eigenvalue weighted by molar-refractivity contribution is 0.386. The van der Waals surface area contributed by atoms with Crippen molar-refractivity contribution in [3.63, 3.8) is 0 Å². The van der Waals surface area contributed by atoms with Crippen LogP contribution in [0.1, 0.15) is 0 Å². The highest BCUT2D eigenvalue weighted by atomic mass is 32.2. The molecule has 1 N–H and O–H groups in total. The maximum atomic E-state index is 13.2. The van der Waals surface area contributed by atoms with Crippen LogP contribution >= 0.6 is 0 Å². The van der Waals surface area contributed by atoms with E-state index < -0.39 is 10.0 Å². The van der Waals surface area contributed by atoms with Crippen molar-refractivity contribution in [1.29, 1.82) is 0 Å². The average Bonchev–Trinajstić information content (AvgIpc) is 2.66. The van der Waals surface area contributed by atoms with E-state index in [1.807, 2.05) is 0 Å². The van der Waals surface area contributed by atoms with Crippen LogP contribution in [0.4, 0.5) is 11.4 Å². The van der Waals surface area contributed by atoms with Crippen molar-refractivity contribution in [2.24, 2.45) is 0 Å². The summed E-state index contributed by atoms with van der Waals surface area (Å²) in [6, 6.07) is 9.91. The second-order valence-electron chi connectivity index (χ2n) is 5.40. The average molecular weight is 364 g/mol. The standard InChI is InChI=1S/C17H20N2O5S/c1-22-12-4-6-15-14(10-12)18-8-9-19(15)25(20,21)17-7-5-13(23-2)11-16(17)24-3/h4-7,10-11,18H,8-9H2,1-3H3. The third kappa shape index (κ3) is 3.05. The SMILES string of the molecule is COc1ccc2c(c1)NCCN2S(=O)(=O)c1ccc(OC)cc1OC. The first-order valence-corrected chi connectivity index (χ1v) is 9.12. The van der Waals surface area contributed by atoms with E-state index in [0.717, 1.165) is 0 Å². The molecule has 0 unspecified atom stereocenters. The van der Waals surface area contributed by atoms with Gasteiger partial charge in [-0.15, -0.1) is 0 Å². The van der Waals surface area contributed by atoms with Crippen molar-refractivity contribution >= 4 is 21.4 Å². The zero-order chi connectivity index (χ0) is 18.0. The van der Waals surface area contributed by atoms with Crippen LogP contribution in [0.2, 0.25) is 0 Å². The van der Waals surface area contributed by atoms with E-state index >= 15 is 0 Å². The lowest BCUT2D eigenvalue weighted by Crippen LogP contribution is -2.39. The van der Waals surface area contributed by atoms with Crippen LogP contribution in [-0.4, -0.2) is 42.8 Å². The predicted molar refractivity (Wildman–Crippen MR) is 95.6 cm³/mol. The van der Waals surface area contributed by atoms with Crippen molar-refractivity contribution in [3.8, 4) is 17.2 Å². The van der Waals surface area contributed by atoms with Crippen LogP contribution < -0.4 is 23.8 Å². The van der Waals surface area contributed by atoms with Gasteiger partial charge in [-0.25, -0.2) is 8.42 Å². The molecule has 25 heavy (non-hydrogen) atoms. The molecule has 0 saturated carbocycles. The van der Waals surface area contributed by atoms with Gasteiger partial charge in [0.15, 0.2) is 0 Å². The summed E-state index contributed by atoms with van der Waals surface area (Å²) in [5.41, 5.74) is 1.28. The predicted octanol–water partition coefficient (Wildman–Crippen LogP) is 2.33. The molecule has 2 aromatic carbocycles. The van der Waals surface area contributed by atoms with Gasteiger partial charge in [0.25, 0.3) is 10.0 Å². The van der Waals surface area contributed by atoms with Crippen molar-refractivity contribution in [2.75, 3.05) is 44.0 Å². The maximum absolute atomic E-state index is 13.2. The number of ether oxygens (including phenoxy) is 3. The van der Waals surface area contributed by atoms with E-state index in [4.69, 9.17) is 14.2 Å². The number of nitrogens with one attached hydrogen (secondary N) is 1. The van der Waals surface area contributed by atoms with Gasteiger partial charge in [-0.2, -0.15) is 0 Å². The van der Waals surface area contributed by atoms with Crippen LogP contribution in [0.3, 0.4) is 0 Å². The Morgan fingerprint density at radius 3 is 2.32 bits per heavy atom. The van der Waals surface area contributed by atoms with Gasteiger partial charge in [-0.05, 0) is 24.3 Å². The second kappa shape index (κ2) is 6.72. The van der Waals surface area contributed by atoms with Gasteiger partial charge in [-0.1, -0.05) is 0 Å². The topological polar surface area (TPSA) is 77.1 Å². The van der Waals surface area contributed by atoms with Crippen molar-refractivity contribution in [2.45, 2.75) is 4.90 Å². The molecule has 0 amide bonds. The highest BCUT2D eigenvalue weighted by Gasteiger charge is 2.31. The molecular weight excluding hydrogens is 344 g/mol. The summed E-state index contributed by atoms with van der Waals surface area (Å²) in [7, 11) is 0.732. The molecular formula is C17H20N2O5S. The van der Waals surface area contributed by atoms with Crippen LogP contribution in [0, 0.1) is 0 Å². The number of anilines is 2. The molecule has 1 aliphatic rings. The molecule has 0 spiro atoms. The smallest absolute Gasteiger partial charge is 0.268 e. The number of benzene rings is 2. The summed E-state index contributed by atoms with van der Waals surface area (Å²) in [5, 5.41) is 3.20. The fourth-order valence-corrected chi connectivity index (χ4v) is 4.39. The van der Waals surface area contributed by atoms with Gasteiger partial charge in [0, 0.05) is 18.7 Å². The van der Waals surface area contributed by atoms with E-state index in [-0.39, 0.29) is 10.6 Å². The molecule has 0 saturated heterocycles. The van der Waals surface area contributed by atoms with Gasteiger partial charge in [0.2, 0.25) is 0 Å². The van der Waals surface area contributed by atoms with Crippen LogP contribution in [0.25, 0.3) is 0 Å². The Kier molecular flexibility index (Phi) is 4.63. The minimum absolute atomic E-state index is 0.0967. The summed E-state index contributed by atoms with van der Waals surface area (Å²) in [6.07, 6.45) is 0. The van der Waals surface area contributed by atoms with Gasteiger partial charge in [-0.3, -0.25) is 4.31 Å². The Labute approximate surface area is 147 Å². The number of hydrogen-bond donors (Lipinski definition) is 1. The molecule has 7 nitrogen and oxygen atoms in total. The summed E-state index contributed by atoms with van der Waals surface area (Å²) in [4.78, 5) is 0.0967. The minimum Gasteiger partial charge on any atom is -0.497 e. The normalized spacial score (nSPS) is 13.6. The molecule has 0 bridgehead atoms. The van der Waals surface area contributed by atoms with Crippen LogP contribution in [0.5, 0.6) is 17.2 Å². The summed E-state index contributed by atoms with van der Waals surface area (Å²) in [5.74, 6) is 1.43. The second-order valence-corrected chi connectivity index (χ2v) is 7.23. The minimum atomic E-state index is -3.79. The van der Waals surface area contributed by atoms with Crippen molar-refractivity contribution in [1.82, 2.24) is 0 Å². The Hall–Kier alpha value is -2.61. The number of hydrogen-bond acceptors (Lipinski definition) is 6. The fraction of sp³-hybridized carbons (Fsp3) is 0.294. The molecule has 134 valence electrons. The summed E-state index contributed by atoms with van der Waals surface area (Å²) < 4.78 is 43.5. The lowest BCUT2D eigenvalue weighted by Gasteiger charge is -2.31. The highest BCUT2D eigenvalue weighted by Crippen LogP contribution is 2.38. The first kappa shape index (κ1) is 17.2.